The number of nitrogens with zero attached hydrogens (tertiary/aromatic N) is 4. The van der Waals surface area contributed by atoms with Crippen LogP contribution in [0, 0.1) is 11.3 Å². The third-order valence-electron chi connectivity index (χ3n) is 2.89. The molecule has 0 saturated heterocycles. The molecule has 0 aliphatic carbocycles. The van der Waals surface area contributed by atoms with Crippen LogP contribution >= 0.6 is 10.7 Å². The van der Waals surface area contributed by atoms with Crippen LogP contribution in [0.5, 0.6) is 0 Å². The number of nitriles is 1. The Morgan fingerprint density at radius 3 is 2.76 bits per heavy atom. The first-order chi connectivity index (χ1) is 9.82. The van der Waals surface area contributed by atoms with Crippen molar-refractivity contribution in [3.8, 4) is 6.07 Å². The fraction of sp³-hybridized carbons (Fsp3) is 0.308. The molecule has 0 amide bonds. The first-order valence-corrected chi connectivity index (χ1v) is 8.49. The molecule has 2 aromatic rings. The predicted molar refractivity (Wildman–Crippen MR) is 77.4 cm³/mol. The largest absolute Gasteiger partial charge is 0.329 e. The van der Waals surface area contributed by atoms with E-state index in [-0.39, 0.29) is 10.9 Å². The summed E-state index contributed by atoms with van der Waals surface area (Å²) in [6.45, 7) is 4.11. The fourth-order valence-electron chi connectivity index (χ4n) is 1.96. The zero-order chi connectivity index (χ0) is 15.6. The molecule has 0 aliphatic rings. The molecule has 0 unspecified atom stereocenters. The number of rotatable bonds is 4. The van der Waals surface area contributed by atoms with Gasteiger partial charge in [-0.05, 0) is 6.07 Å². The van der Waals surface area contributed by atoms with Crippen LogP contribution in [0.25, 0.3) is 0 Å². The Morgan fingerprint density at radius 1 is 1.48 bits per heavy atom. The van der Waals surface area contributed by atoms with Crippen LogP contribution in [0.2, 0.25) is 0 Å². The Kier molecular flexibility index (Phi) is 4.30. The minimum absolute atomic E-state index is 0.0133. The zero-order valence-electron chi connectivity index (χ0n) is 11.5. The molecule has 110 valence electrons. The van der Waals surface area contributed by atoms with Gasteiger partial charge in [-0.1, -0.05) is 19.9 Å². The molecule has 0 bridgehead atoms. The van der Waals surface area contributed by atoms with Crippen molar-refractivity contribution >= 4 is 19.7 Å². The molecule has 0 atom stereocenters. The first-order valence-electron chi connectivity index (χ1n) is 6.18. The Labute approximate surface area is 127 Å². The highest BCUT2D eigenvalue weighted by molar-refractivity contribution is 8.13. The van der Waals surface area contributed by atoms with E-state index in [1.807, 2.05) is 19.9 Å². The van der Waals surface area contributed by atoms with Gasteiger partial charge in [0.05, 0.1) is 6.54 Å². The smallest absolute Gasteiger partial charge is 0.280 e. The number of imidazole rings is 1. The van der Waals surface area contributed by atoms with Gasteiger partial charge >= 0.3 is 0 Å². The van der Waals surface area contributed by atoms with Gasteiger partial charge < -0.3 is 4.57 Å². The van der Waals surface area contributed by atoms with Crippen molar-refractivity contribution in [1.29, 1.82) is 5.26 Å². The molecule has 0 spiro atoms. The third-order valence-corrected chi connectivity index (χ3v) is 4.06. The van der Waals surface area contributed by atoms with E-state index in [9.17, 15) is 8.42 Å². The molecular weight excluding hydrogens is 312 g/mol. The molecule has 0 N–H and O–H groups in total. The van der Waals surface area contributed by atoms with Crippen molar-refractivity contribution in [3.63, 3.8) is 0 Å². The summed E-state index contributed by atoms with van der Waals surface area (Å²) in [5.41, 5.74) is 0.994. The number of halogens is 1. The maximum atomic E-state index is 11.4. The van der Waals surface area contributed by atoms with Gasteiger partial charge in [0, 0.05) is 34.6 Å². The summed E-state index contributed by atoms with van der Waals surface area (Å²) >= 11 is 0. The summed E-state index contributed by atoms with van der Waals surface area (Å²) in [6.07, 6.45) is 2.92. The van der Waals surface area contributed by atoms with Crippen molar-refractivity contribution in [2.45, 2.75) is 31.3 Å². The minimum Gasteiger partial charge on any atom is -0.329 e. The second-order valence-corrected chi connectivity index (χ2v) is 7.29. The van der Waals surface area contributed by atoms with Crippen LogP contribution in [0.4, 0.5) is 0 Å². The maximum absolute atomic E-state index is 11.4. The Morgan fingerprint density at radius 2 is 2.19 bits per heavy atom. The standard InChI is InChI=1S/C13H13ClN4O2S/c1-9(2)13-17-12(21(14,19)20)8-18(13)7-10-4-3-5-16-11(10)6-15/h3-5,8-9H,7H2,1-2H3. The van der Waals surface area contributed by atoms with Gasteiger partial charge in [-0.2, -0.15) is 5.26 Å². The fourth-order valence-corrected chi connectivity index (χ4v) is 2.64. The second-order valence-electron chi connectivity index (χ2n) is 4.78. The quantitative estimate of drug-likeness (QED) is 0.805. The van der Waals surface area contributed by atoms with Gasteiger partial charge in [-0.3, -0.25) is 0 Å². The molecular formula is C13H13ClN4O2S. The Balaban J connectivity index is 2.49. The lowest BCUT2D eigenvalue weighted by Crippen LogP contribution is -2.07. The van der Waals surface area contributed by atoms with E-state index in [1.54, 1.807) is 16.7 Å². The number of hydrogen-bond acceptors (Lipinski definition) is 5. The lowest BCUT2D eigenvalue weighted by Gasteiger charge is -2.10. The van der Waals surface area contributed by atoms with E-state index in [2.05, 4.69) is 9.97 Å². The predicted octanol–water partition coefficient (Wildman–Crippen LogP) is 2.25. The van der Waals surface area contributed by atoms with Gasteiger partial charge in [0.2, 0.25) is 0 Å². The molecule has 0 saturated carbocycles. The molecule has 0 radical (unpaired) electrons. The van der Waals surface area contributed by atoms with E-state index in [0.29, 0.717) is 23.6 Å². The van der Waals surface area contributed by atoms with Crippen molar-refractivity contribution in [2.75, 3.05) is 0 Å². The van der Waals surface area contributed by atoms with Crippen molar-refractivity contribution in [2.24, 2.45) is 0 Å². The average molecular weight is 325 g/mol. The van der Waals surface area contributed by atoms with E-state index in [1.165, 1.54) is 12.4 Å². The van der Waals surface area contributed by atoms with Gasteiger partial charge in [0.1, 0.15) is 17.6 Å². The van der Waals surface area contributed by atoms with E-state index in [0.717, 1.165) is 0 Å². The maximum Gasteiger partial charge on any atom is 0.280 e. The highest BCUT2D eigenvalue weighted by Crippen LogP contribution is 2.21. The average Bonchev–Trinajstić information content (AvgIpc) is 2.83. The van der Waals surface area contributed by atoms with Gasteiger partial charge in [0.15, 0.2) is 5.03 Å². The van der Waals surface area contributed by atoms with E-state index >= 15 is 0 Å². The normalized spacial score (nSPS) is 11.6. The third kappa shape index (κ3) is 3.40. The molecule has 2 rings (SSSR count). The summed E-state index contributed by atoms with van der Waals surface area (Å²) in [5.74, 6) is 0.598. The summed E-state index contributed by atoms with van der Waals surface area (Å²) in [4.78, 5) is 8.06. The Hall–Kier alpha value is -1.91. The monoisotopic (exact) mass is 324 g/mol. The van der Waals surface area contributed by atoms with Crippen molar-refractivity contribution in [1.82, 2.24) is 14.5 Å². The highest BCUT2D eigenvalue weighted by atomic mass is 35.7. The molecule has 8 heteroatoms. The van der Waals surface area contributed by atoms with Gasteiger partial charge in [-0.15, -0.1) is 0 Å². The van der Waals surface area contributed by atoms with Crippen LogP contribution in [-0.4, -0.2) is 23.0 Å². The number of pyridine rings is 1. The van der Waals surface area contributed by atoms with Crippen LogP contribution < -0.4 is 0 Å². The SMILES string of the molecule is CC(C)c1nc(S(=O)(=O)Cl)cn1Cc1cccnc1C#N. The van der Waals surface area contributed by atoms with Crippen LogP contribution in [0.3, 0.4) is 0 Å². The van der Waals surface area contributed by atoms with Crippen LogP contribution in [0.15, 0.2) is 29.6 Å². The van der Waals surface area contributed by atoms with Gasteiger partial charge in [0.25, 0.3) is 9.05 Å². The molecule has 2 aromatic heterocycles. The summed E-state index contributed by atoms with van der Waals surface area (Å²) in [7, 11) is 1.46. The van der Waals surface area contributed by atoms with Crippen LogP contribution in [0.1, 0.15) is 36.8 Å². The highest BCUT2D eigenvalue weighted by Gasteiger charge is 2.20. The van der Waals surface area contributed by atoms with E-state index < -0.39 is 9.05 Å². The van der Waals surface area contributed by atoms with Crippen LogP contribution in [-0.2, 0) is 15.6 Å². The molecule has 2 heterocycles. The zero-order valence-corrected chi connectivity index (χ0v) is 13.1. The summed E-state index contributed by atoms with van der Waals surface area (Å²) < 4.78 is 24.5. The molecule has 21 heavy (non-hydrogen) atoms. The van der Waals surface area contributed by atoms with Crippen molar-refractivity contribution in [3.05, 3.63) is 41.6 Å². The molecule has 6 nitrogen and oxygen atoms in total. The molecule has 0 fully saturated rings. The molecule has 0 aromatic carbocycles. The number of hydrogen-bond donors (Lipinski definition) is 0. The van der Waals surface area contributed by atoms with E-state index in [4.69, 9.17) is 15.9 Å². The Bertz CT molecular complexity index is 806. The van der Waals surface area contributed by atoms with Gasteiger partial charge in [-0.25, -0.2) is 18.4 Å². The molecule has 0 aliphatic heterocycles. The minimum atomic E-state index is -3.89. The summed E-state index contributed by atoms with van der Waals surface area (Å²) in [5, 5.41) is 8.87. The van der Waals surface area contributed by atoms with Crippen molar-refractivity contribution < 1.29 is 8.42 Å². The lowest BCUT2D eigenvalue weighted by molar-refractivity contribution is 0.606. The topological polar surface area (TPSA) is 88.6 Å². The number of aromatic nitrogens is 3. The summed E-state index contributed by atoms with van der Waals surface area (Å²) in [6, 6.07) is 5.50. The second kappa shape index (κ2) is 5.84. The first kappa shape index (κ1) is 15.5. The lowest BCUT2D eigenvalue weighted by atomic mass is 10.1.